The van der Waals surface area contributed by atoms with Crippen LogP contribution in [0.15, 0.2) is 72.8 Å². The number of carbonyl (C=O) groups is 2. The number of fused-ring (bicyclic) bond motifs is 1. The molecule has 3 aromatic carbocycles. The SMILES string of the molecule is CN1CCCN(c2ccc(NC(=O)C3Cc4ccccc4CN3C(=O)Nc3ccc(Cl)cc3)cc2)CC1. The van der Waals surface area contributed by atoms with E-state index in [0.717, 1.165) is 55.1 Å². The normalized spacial score (nSPS) is 18.1. The van der Waals surface area contributed by atoms with E-state index < -0.39 is 6.04 Å². The molecule has 192 valence electrons. The summed E-state index contributed by atoms with van der Waals surface area (Å²) in [6.07, 6.45) is 1.58. The number of halogens is 1. The van der Waals surface area contributed by atoms with Gasteiger partial charge >= 0.3 is 6.03 Å². The van der Waals surface area contributed by atoms with Gasteiger partial charge in [0, 0.05) is 54.7 Å². The summed E-state index contributed by atoms with van der Waals surface area (Å²) in [7, 11) is 2.16. The Labute approximate surface area is 223 Å². The van der Waals surface area contributed by atoms with Crippen molar-refractivity contribution in [2.75, 3.05) is 48.8 Å². The summed E-state index contributed by atoms with van der Waals surface area (Å²) in [5, 5.41) is 6.55. The van der Waals surface area contributed by atoms with Crippen molar-refractivity contribution in [1.29, 1.82) is 0 Å². The number of hydrogen-bond acceptors (Lipinski definition) is 4. The molecule has 2 aliphatic heterocycles. The minimum Gasteiger partial charge on any atom is -0.370 e. The Balaban J connectivity index is 1.30. The van der Waals surface area contributed by atoms with Crippen LogP contribution >= 0.6 is 11.6 Å². The predicted molar refractivity (Wildman–Crippen MR) is 149 cm³/mol. The first-order valence-corrected chi connectivity index (χ1v) is 13.1. The van der Waals surface area contributed by atoms with E-state index in [9.17, 15) is 9.59 Å². The molecule has 5 rings (SSSR count). The number of urea groups is 1. The number of hydrogen-bond donors (Lipinski definition) is 2. The lowest BCUT2D eigenvalue weighted by Crippen LogP contribution is -2.52. The topological polar surface area (TPSA) is 67.9 Å². The smallest absolute Gasteiger partial charge is 0.322 e. The summed E-state index contributed by atoms with van der Waals surface area (Å²) in [6, 6.07) is 21.9. The predicted octanol–water partition coefficient (Wildman–Crippen LogP) is 5.08. The molecule has 37 heavy (non-hydrogen) atoms. The van der Waals surface area contributed by atoms with Crippen molar-refractivity contribution in [3.8, 4) is 0 Å². The van der Waals surface area contributed by atoms with Gasteiger partial charge in [-0.2, -0.15) is 0 Å². The summed E-state index contributed by atoms with van der Waals surface area (Å²) in [5.41, 5.74) is 4.63. The average Bonchev–Trinajstić information content (AvgIpc) is 3.14. The molecule has 2 aliphatic rings. The molecule has 0 saturated carbocycles. The quantitative estimate of drug-likeness (QED) is 0.506. The molecule has 0 spiro atoms. The number of carbonyl (C=O) groups excluding carboxylic acids is 2. The van der Waals surface area contributed by atoms with Gasteiger partial charge in [-0.25, -0.2) is 4.79 Å². The molecule has 1 saturated heterocycles. The van der Waals surface area contributed by atoms with Gasteiger partial charge in [-0.15, -0.1) is 0 Å². The highest BCUT2D eigenvalue weighted by molar-refractivity contribution is 6.30. The standard InChI is InChI=1S/C29H32ClN5O2/c1-33-15-4-16-34(18-17-33)26-13-11-24(12-14-26)31-28(36)27-19-21-5-2-3-6-22(21)20-35(27)29(37)32-25-9-7-23(30)8-10-25/h2-3,5-14,27H,4,15-20H2,1H3,(H,31,36)(H,32,37). The Bertz CT molecular complexity index is 1250. The second-order valence-electron chi connectivity index (χ2n) is 9.73. The molecule has 3 aromatic rings. The average molecular weight is 518 g/mol. The van der Waals surface area contributed by atoms with Gasteiger partial charge in [0.25, 0.3) is 0 Å². The van der Waals surface area contributed by atoms with Crippen molar-refractivity contribution in [3.63, 3.8) is 0 Å². The lowest BCUT2D eigenvalue weighted by molar-refractivity contribution is -0.120. The van der Waals surface area contributed by atoms with Crippen LogP contribution in [0.5, 0.6) is 0 Å². The maximum absolute atomic E-state index is 13.5. The molecular formula is C29H32ClN5O2. The summed E-state index contributed by atoms with van der Waals surface area (Å²) in [6.45, 7) is 4.51. The highest BCUT2D eigenvalue weighted by Gasteiger charge is 2.34. The Morgan fingerprint density at radius 3 is 2.24 bits per heavy atom. The molecule has 3 amide bonds. The van der Waals surface area contributed by atoms with Gasteiger partial charge in [-0.1, -0.05) is 35.9 Å². The van der Waals surface area contributed by atoms with Crippen LogP contribution in [-0.2, 0) is 17.8 Å². The van der Waals surface area contributed by atoms with Crippen LogP contribution in [0.25, 0.3) is 0 Å². The number of likely N-dealkylation sites (N-methyl/N-ethyl adjacent to an activating group) is 1. The van der Waals surface area contributed by atoms with Crippen LogP contribution in [0.2, 0.25) is 5.02 Å². The lowest BCUT2D eigenvalue weighted by atomic mass is 9.93. The molecule has 0 aliphatic carbocycles. The largest absolute Gasteiger partial charge is 0.370 e. The number of nitrogens with one attached hydrogen (secondary N) is 2. The summed E-state index contributed by atoms with van der Waals surface area (Å²) >= 11 is 5.98. The van der Waals surface area contributed by atoms with E-state index >= 15 is 0 Å². The number of amides is 3. The molecule has 2 N–H and O–H groups in total. The van der Waals surface area contributed by atoms with E-state index in [-0.39, 0.29) is 11.9 Å². The molecule has 1 unspecified atom stereocenters. The number of anilines is 3. The maximum atomic E-state index is 13.5. The third-order valence-electron chi connectivity index (χ3n) is 7.13. The van der Waals surface area contributed by atoms with Crippen LogP contribution in [-0.4, -0.2) is 61.0 Å². The van der Waals surface area contributed by atoms with E-state index in [1.807, 2.05) is 36.4 Å². The molecule has 1 fully saturated rings. The highest BCUT2D eigenvalue weighted by Crippen LogP contribution is 2.26. The minimum absolute atomic E-state index is 0.204. The van der Waals surface area contributed by atoms with Gasteiger partial charge in [-0.05, 0) is 79.7 Å². The van der Waals surface area contributed by atoms with Crippen LogP contribution in [0.3, 0.4) is 0 Å². The fourth-order valence-electron chi connectivity index (χ4n) is 4.99. The Hall–Kier alpha value is -3.55. The first kappa shape index (κ1) is 25.1. The van der Waals surface area contributed by atoms with E-state index in [0.29, 0.717) is 23.7 Å². The van der Waals surface area contributed by atoms with E-state index in [1.165, 1.54) is 0 Å². The fourth-order valence-corrected chi connectivity index (χ4v) is 5.11. The first-order valence-electron chi connectivity index (χ1n) is 12.7. The molecule has 2 heterocycles. The second-order valence-corrected chi connectivity index (χ2v) is 10.2. The summed E-state index contributed by atoms with van der Waals surface area (Å²) in [5.74, 6) is -0.204. The zero-order valence-electron chi connectivity index (χ0n) is 21.0. The van der Waals surface area contributed by atoms with Crippen molar-refractivity contribution in [3.05, 3.63) is 88.9 Å². The highest BCUT2D eigenvalue weighted by atomic mass is 35.5. The van der Waals surface area contributed by atoms with Crippen molar-refractivity contribution < 1.29 is 9.59 Å². The molecule has 8 heteroatoms. The van der Waals surface area contributed by atoms with Gasteiger partial charge < -0.3 is 25.3 Å². The fraction of sp³-hybridized carbons (Fsp3) is 0.310. The van der Waals surface area contributed by atoms with Crippen molar-refractivity contribution in [2.24, 2.45) is 0 Å². The molecule has 0 radical (unpaired) electrons. The van der Waals surface area contributed by atoms with Crippen molar-refractivity contribution in [1.82, 2.24) is 9.80 Å². The summed E-state index contributed by atoms with van der Waals surface area (Å²) in [4.78, 5) is 33.1. The van der Waals surface area contributed by atoms with Gasteiger partial charge in [0.15, 0.2) is 0 Å². The van der Waals surface area contributed by atoms with Crippen molar-refractivity contribution >= 4 is 40.6 Å². The summed E-state index contributed by atoms with van der Waals surface area (Å²) < 4.78 is 0. The zero-order valence-corrected chi connectivity index (χ0v) is 21.7. The lowest BCUT2D eigenvalue weighted by Gasteiger charge is -2.36. The van der Waals surface area contributed by atoms with Crippen molar-refractivity contribution in [2.45, 2.75) is 25.4 Å². The number of benzene rings is 3. The van der Waals surface area contributed by atoms with Crippen LogP contribution in [0.4, 0.5) is 21.9 Å². The number of nitrogens with zero attached hydrogens (tertiary/aromatic N) is 3. The van der Waals surface area contributed by atoms with Crippen LogP contribution < -0.4 is 15.5 Å². The molecule has 1 atom stereocenters. The van der Waals surface area contributed by atoms with Gasteiger partial charge in [-0.3, -0.25) is 4.79 Å². The molecular weight excluding hydrogens is 486 g/mol. The third-order valence-corrected chi connectivity index (χ3v) is 7.38. The Kier molecular flexibility index (Phi) is 7.63. The molecule has 7 nitrogen and oxygen atoms in total. The first-order chi connectivity index (χ1) is 18.0. The van der Waals surface area contributed by atoms with E-state index in [4.69, 9.17) is 11.6 Å². The maximum Gasteiger partial charge on any atom is 0.322 e. The molecule has 0 bridgehead atoms. The zero-order chi connectivity index (χ0) is 25.8. The van der Waals surface area contributed by atoms with E-state index in [2.05, 4.69) is 39.6 Å². The van der Waals surface area contributed by atoms with Gasteiger partial charge in [0.2, 0.25) is 5.91 Å². The van der Waals surface area contributed by atoms with Crippen LogP contribution in [0, 0.1) is 0 Å². The minimum atomic E-state index is -0.636. The second kappa shape index (κ2) is 11.2. The number of rotatable bonds is 4. The van der Waals surface area contributed by atoms with Gasteiger partial charge in [0.05, 0.1) is 0 Å². The monoisotopic (exact) mass is 517 g/mol. The third kappa shape index (κ3) is 6.06. The van der Waals surface area contributed by atoms with E-state index in [1.54, 1.807) is 29.2 Å². The Morgan fingerprint density at radius 2 is 1.49 bits per heavy atom. The van der Waals surface area contributed by atoms with Crippen LogP contribution in [0.1, 0.15) is 17.5 Å². The molecule has 0 aromatic heterocycles. The Morgan fingerprint density at radius 1 is 0.811 bits per heavy atom. The van der Waals surface area contributed by atoms with Gasteiger partial charge in [0.1, 0.15) is 6.04 Å².